The zero-order valence-corrected chi connectivity index (χ0v) is 13.1. The van der Waals surface area contributed by atoms with E-state index >= 15 is 0 Å². The van der Waals surface area contributed by atoms with E-state index in [-0.39, 0.29) is 0 Å². The highest BCUT2D eigenvalue weighted by molar-refractivity contribution is 6.11. The van der Waals surface area contributed by atoms with E-state index in [1.807, 2.05) is 0 Å². The van der Waals surface area contributed by atoms with Gasteiger partial charge in [0.25, 0.3) is 0 Å². The molecule has 0 heterocycles. The maximum absolute atomic E-state index is 6.05. The fourth-order valence-corrected chi connectivity index (χ4v) is 5.32. The molecular weight excluding hydrogens is 238 g/mol. The molecule has 20 heavy (non-hydrogen) atoms. The summed E-state index contributed by atoms with van der Waals surface area (Å²) in [6, 6.07) is 0. The molecule has 0 amide bonds. The van der Waals surface area contributed by atoms with Gasteiger partial charge >= 0.3 is 0 Å². The minimum Gasteiger partial charge on any atom is -0.0774 e. The molecule has 0 spiro atoms. The molecule has 3 aliphatic rings. The number of hydrogen-bond donors (Lipinski definition) is 0. The molecule has 0 aromatic rings. The summed E-state index contributed by atoms with van der Waals surface area (Å²) in [4.78, 5) is 0. The Balaban J connectivity index is 1.42. The van der Waals surface area contributed by atoms with Crippen molar-refractivity contribution < 1.29 is 0 Å². The Morgan fingerprint density at radius 1 is 0.350 bits per heavy atom. The van der Waals surface area contributed by atoms with Crippen molar-refractivity contribution in [3.05, 3.63) is 0 Å². The third kappa shape index (κ3) is 3.66. The lowest BCUT2D eigenvalue weighted by Gasteiger charge is -2.41. The molecule has 0 aromatic carbocycles. The molecule has 0 saturated heterocycles. The van der Waals surface area contributed by atoms with Gasteiger partial charge in [0.15, 0.2) is 0 Å². The van der Waals surface area contributed by atoms with Gasteiger partial charge in [-0.15, -0.1) is 0 Å². The van der Waals surface area contributed by atoms with Gasteiger partial charge in [-0.05, 0) is 49.4 Å². The van der Waals surface area contributed by atoms with Crippen LogP contribution in [0.5, 0.6) is 0 Å². The second kappa shape index (κ2) is 6.93. The summed E-state index contributed by atoms with van der Waals surface area (Å²) < 4.78 is 0. The molecule has 0 atom stereocenters. The van der Waals surface area contributed by atoms with Crippen molar-refractivity contribution in [1.29, 1.82) is 0 Å². The molecule has 3 aliphatic carbocycles. The van der Waals surface area contributed by atoms with Crippen LogP contribution in [0.25, 0.3) is 0 Å². The largest absolute Gasteiger partial charge is 0.0774 e. The monoisotopic (exact) mass is 268 g/mol. The first kappa shape index (κ1) is 15.0. The molecule has 0 aromatic heterocycles. The first-order valence-corrected chi connectivity index (χ1v) is 9.23. The van der Waals surface area contributed by atoms with E-state index in [1.165, 1.54) is 77.0 Å². The quantitative estimate of drug-likeness (QED) is 0.612. The van der Waals surface area contributed by atoms with Gasteiger partial charge in [0.1, 0.15) is 0 Å². The average Bonchev–Trinajstić information content (AvgIpc) is 2.49. The minimum absolute atomic E-state index is 0.508. The summed E-state index contributed by atoms with van der Waals surface area (Å²) in [5.74, 6) is 5.10. The molecule has 108 valence electrons. The summed E-state index contributed by atoms with van der Waals surface area (Å²) in [6.07, 6.45) is 16.8. The molecule has 0 N–H and O–H groups in total. The van der Waals surface area contributed by atoms with E-state index in [4.69, 9.17) is 15.7 Å². The van der Waals surface area contributed by atoms with Gasteiger partial charge in [0.2, 0.25) is 0 Å². The van der Waals surface area contributed by atoms with Gasteiger partial charge < -0.3 is 0 Å². The van der Waals surface area contributed by atoms with Crippen molar-refractivity contribution in [3.8, 4) is 0 Å². The number of hydrogen-bond acceptors (Lipinski definition) is 0. The standard InChI is InChI=1S/C18H30B2/c19-17-9-5-15(6-10-17)13-1-2-14(4-3-13)16-7-11-18(20)12-8-16/h13-18H,1-12H2. The average molecular weight is 268 g/mol. The fourth-order valence-electron chi connectivity index (χ4n) is 5.32. The summed E-state index contributed by atoms with van der Waals surface area (Å²) >= 11 is 0. The number of rotatable bonds is 2. The maximum atomic E-state index is 6.05. The molecular formula is C18H30B2. The molecule has 3 fully saturated rings. The molecule has 3 rings (SSSR count). The van der Waals surface area contributed by atoms with E-state index < -0.39 is 0 Å². The van der Waals surface area contributed by atoms with Crippen LogP contribution in [0, 0.1) is 23.7 Å². The van der Waals surface area contributed by atoms with Gasteiger partial charge in [0.05, 0.1) is 15.7 Å². The Morgan fingerprint density at radius 3 is 0.800 bits per heavy atom. The van der Waals surface area contributed by atoms with Crippen LogP contribution in [-0.4, -0.2) is 15.7 Å². The van der Waals surface area contributed by atoms with Crippen LogP contribution in [0.15, 0.2) is 0 Å². The van der Waals surface area contributed by atoms with Gasteiger partial charge in [-0.25, -0.2) is 0 Å². The highest BCUT2D eigenvalue weighted by Gasteiger charge is 2.33. The second-order valence-corrected chi connectivity index (χ2v) is 8.02. The summed E-state index contributed by atoms with van der Waals surface area (Å²) in [6.45, 7) is 0. The molecule has 0 bridgehead atoms. The van der Waals surface area contributed by atoms with Gasteiger partial charge in [-0.2, -0.15) is 0 Å². The molecule has 0 nitrogen and oxygen atoms in total. The van der Waals surface area contributed by atoms with Crippen LogP contribution in [0.3, 0.4) is 0 Å². The molecule has 4 radical (unpaired) electrons. The third-order valence-corrected chi connectivity index (χ3v) is 6.78. The SMILES string of the molecule is [B]C1CCC(C2CCC(C3CCC([B])CC3)CC2)CC1. The van der Waals surface area contributed by atoms with Crippen molar-refractivity contribution in [3.63, 3.8) is 0 Å². The van der Waals surface area contributed by atoms with Crippen LogP contribution in [0.4, 0.5) is 0 Å². The predicted octanol–water partition coefficient (Wildman–Crippen LogP) is 5.09. The minimum atomic E-state index is 0.508. The highest BCUT2D eigenvalue weighted by Crippen LogP contribution is 2.46. The van der Waals surface area contributed by atoms with Crippen LogP contribution in [-0.2, 0) is 0 Å². The lowest BCUT2D eigenvalue weighted by atomic mass is 9.62. The molecule has 0 aliphatic heterocycles. The fraction of sp³-hybridized carbons (Fsp3) is 1.00. The van der Waals surface area contributed by atoms with Crippen molar-refractivity contribution >= 4 is 15.7 Å². The van der Waals surface area contributed by atoms with Crippen LogP contribution >= 0.6 is 0 Å². The Morgan fingerprint density at radius 2 is 0.550 bits per heavy atom. The Bertz CT molecular complexity index is 250. The van der Waals surface area contributed by atoms with Crippen molar-refractivity contribution in [1.82, 2.24) is 0 Å². The maximum Gasteiger partial charge on any atom is 0.0699 e. The third-order valence-electron chi connectivity index (χ3n) is 6.78. The van der Waals surface area contributed by atoms with Crippen molar-refractivity contribution in [2.75, 3.05) is 0 Å². The first-order chi connectivity index (χ1) is 9.72. The van der Waals surface area contributed by atoms with Crippen LogP contribution in [0.2, 0.25) is 11.6 Å². The van der Waals surface area contributed by atoms with Gasteiger partial charge in [0, 0.05) is 0 Å². The Kier molecular flexibility index (Phi) is 5.21. The smallest absolute Gasteiger partial charge is 0.0699 e. The van der Waals surface area contributed by atoms with Crippen molar-refractivity contribution in [2.24, 2.45) is 23.7 Å². The van der Waals surface area contributed by atoms with Crippen LogP contribution in [0.1, 0.15) is 77.0 Å². The normalized spacial score (nSPS) is 47.0. The predicted molar refractivity (Wildman–Crippen MR) is 88.4 cm³/mol. The van der Waals surface area contributed by atoms with E-state index in [2.05, 4.69) is 0 Å². The van der Waals surface area contributed by atoms with Gasteiger partial charge in [-0.1, -0.05) is 63.0 Å². The van der Waals surface area contributed by atoms with E-state index in [9.17, 15) is 0 Å². The van der Waals surface area contributed by atoms with Crippen molar-refractivity contribution in [2.45, 2.75) is 88.7 Å². The Hall–Kier alpha value is 0.130. The lowest BCUT2D eigenvalue weighted by molar-refractivity contribution is 0.123. The van der Waals surface area contributed by atoms with E-state index in [0.29, 0.717) is 11.6 Å². The zero-order chi connectivity index (χ0) is 13.9. The summed E-state index contributed by atoms with van der Waals surface area (Å²) in [7, 11) is 12.1. The highest BCUT2D eigenvalue weighted by atomic mass is 14.4. The van der Waals surface area contributed by atoms with Gasteiger partial charge in [-0.3, -0.25) is 0 Å². The molecule has 2 heteroatoms. The molecule has 0 unspecified atom stereocenters. The second-order valence-electron chi connectivity index (χ2n) is 8.02. The summed E-state index contributed by atoms with van der Waals surface area (Å²) in [5, 5.41) is 0. The van der Waals surface area contributed by atoms with Crippen LogP contribution < -0.4 is 0 Å². The topological polar surface area (TPSA) is 0 Å². The molecule has 3 saturated carbocycles. The van der Waals surface area contributed by atoms with E-state index in [0.717, 1.165) is 23.7 Å². The zero-order valence-electron chi connectivity index (χ0n) is 13.1. The Labute approximate surface area is 128 Å². The first-order valence-electron chi connectivity index (χ1n) is 9.23. The van der Waals surface area contributed by atoms with E-state index in [1.54, 1.807) is 0 Å². The lowest BCUT2D eigenvalue weighted by Crippen LogP contribution is -2.28. The summed E-state index contributed by atoms with van der Waals surface area (Å²) in [5.41, 5.74) is 0.